The van der Waals surface area contributed by atoms with Gasteiger partial charge in [-0.25, -0.2) is 5.43 Å². The Morgan fingerprint density at radius 1 is 1.35 bits per heavy atom. The van der Waals surface area contributed by atoms with Crippen LogP contribution in [-0.2, 0) is 4.79 Å². The summed E-state index contributed by atoms with van der Waals surface area (Å²) in [4.78, 5) is 12.1. The summed E-state index contributed by atoms with van der Waals surface area (Å²) in [6.45, 7) is 5.74. The molecular formula is C19H21ClN2O4. The monoisotopic (exact) mass is 376 g/mol. The van der Waals surface area contributed by atoms with E-state index in [0.717, 1.165) is 5.56 Å². The van der Waals surface area contributed by atoms with Crippen LogP contribution in [0.3, 0.4) is 0 Å². The Kier molecular flexibility index (Phi) is 6.86. The van der Waals surface area contributed by atoms with Gasteiger partial charge in [0.05, 0.1) is 12.8 Å². The predicted molar refractivity (Wildman–Crippen MR) is 101 cm³/mol. The molecule has 2 aromatic rings. The number of amides is 1. The molecule has 0 spiro atoms. The summed E-state index contributed by atoms with van der Waals surface area (Å²) >= 11 is 5.97. The van der Waals surface area contributed by atoms with Crippen molar-refractivity contribution in [2.24, 2.45) is 5.10 Å². The number of carbonyl (C=O) groups is 1. The molecule has 26 heavy (non-hydrogen) atoms. The van der Waals surface area contributed by atoms with E-state index in [9.17, 15) is 9.90 Å². The van der Waals surface area contributed by atoms with Crippen LogP contribution in [0.2, 0.25) is 5.02 Å². The summed E-state index contributed by atoms with van der Waals surface area (Å²) in [6, 6.07) is 9.97. The third-order valence-electron chi connectivity index (χ3n) is 3.48. The lowest BCUT2D eigenvalue weighted by atomic mass is 10.2. The first kappa shape index (κ1) is 19.6. The van der Waals surface area contributed by atoms with Crippen LogP contribution >= 0.6 is 11.6 Å². The molecule has 0 saturated carbocycles. The van der Waals surface area contributed by atoms with Crippen molar-refractivity contribution in [3.05, 3.63) is 52.5 Å². The topological polar surface area (TPSA) is 80.2 Å². The molecule has 0 unspecified atom stereocenters. The summed E-state index contributed by atoms with van der Waals surface area (Å²) < 4.78 is 10.9. The predicted octanol–water partition coefficient (Wildman–Crippen LogP) is 3.67. The Labute approximate surface area is 157 Å². The number of ether oxygens (including phenoxy) is 2. The number of halogens is 1. The Balaban J connectivity index is 1.93. The minimum atomic E-state index is -0.730. The molecule has 6 nitrogen and oxygen atoms in total. The van der Waals surface area contributed by atoms with Crippen LogP contribution in [0.4, 0.5) is 0 Å². The lowest BCUT2D eigenvalue weighted by Crippen LogP contribution is -2.33. The van der Waals surface area contributed by atoms with E-state index in [1.807, 2.05) is 13.8 Å². The smallest absolute Gasteiger partial charge is 0.280 e. The van der Waals surface area contributed by atoms with Crippen LogP contribution in [0.1, 0.15) is 25.0 Å². The van der Waals surface area contributed by atoms with Crippen LogP contribution in [0.25, 0.3) is 0 Å². The van der Waals surface area contributed by atoms with Gasteiger partial charge in [-0.3, -0.25) is 4.79 Å². The molecule has 0 aliphatic rings. The maximum atomic E-state index is 12.1. The highest BCUT2D eigenvalue weighted by Crippen LogP contribution is 2.26. The molecule has 0 saturated heterocycles. The molecule has 2 aromatic carbocycles. The minimum Gasteiger partial charge on any atom is -0.504 e. The van der Waals surface area contributed by atoms with Crippen molar-refractivity contribution in [3.8, 4) is 17.2 Å². The van der Waals surface area contributed by atoms with E-state index >= 15 is 0 Å². The van der Waals surface area contributed by atoms with Crippen molar-refractivity contribution in [1.82, 2.24) is 5.43 Å². The zero-order valence-electron chi connectivity index (χ0n) is 14.8. The molecule has 2 rings (SSSR count). The molecular weight excluding hydrogens is 356 g/mol. The second-order valence-electron chi connectivity index (χ2n) is 5.57. The molecule has 0 radical (unpaired) electrons. The summed E-state index contributed by atoms with van der Waals surface area (Å²) in [5.41, 5.74) is 3.96. The van der Waals surface area contributed by atoms with Crippen LogP contribution in [-0.4, -0.2) is 29.9 Å². The highest BCUT2D eigenvalue weighted by Gasteiger charge is 2.14. The number of carbonyl (C=O) groups excluding carboxylic acids is 1. The SMILES string of the molecule is CCOc1cc(/C=N\NC(=O)[C@H](C)Oc2ccc(Cl)c(C)c2)ccc1O. The Morgan fingerprint density at radius 2 is 2.12 bits per heavy atom. The maximum absolute atomic E-state index is 12.1. The molecule has 0 bridgehead atoms. The zero-order chi connectivity index (χ0) is 19.1. The number of nitrogens with zero attached hydrogens (tertiary/aromatic N) is 1. The molecule has 2 N–H and O–H groups in total. The van der Waals surface area contributed by atoms with Crippen molar-refractivity contribution in [2.45, 2.75) is 26.9 Å². The van der Waals surface area contributed by atoms with Gasteiger partial charge in [0, 0.05) is 5.02 Å². The normalized spacial score (nSPS) is 12.0. The van der Waals surface area contributed by atoms with Gasteiger partial charge >= 0.3 is 0 Å². The van der Waals surface area contributed by atoms with E-state index in [4.69, 9.17) is 21.1 Å². The van der Waals surface area contributed by atoms with Crippen molar-refractivity contribution in [1.29, 1.82) is 0 Å². The number of phenols is 1. The average molecular weight is 377 g/mol. The molecule has 1 amide bonds. The third kappa shape index (κ3) is 5.39. The number of rotatable bonds is 7. The number of benzene rings is 2. The molecule has 7 heteroatoms. The summed E-state index contributed by atoms with van der Waals surface area (Å²) in [5, 5.41) is 14.2. The largest absolute Gasteiger partial charge is 0.504 e. The van der Waals surface area contributed by atoms with Gasteiger partial charge in [0.25, 0.3) is 5.91 Å². The molecule has 0 heterocycles. The van der Waals surface area contributed by atoms with Crippen LogP contribution < -0.4 is 14.9 Å². The third-order valence-corrected chi connectivity index (χ3v) is 3.91. The Bertz CT molecular complexity index is 808. The van der Waals surface area contributed by atoms with Gasteiger partial charge in [0.15, 0.2) is 17.6 Å². The van der Waals surface area contributed by atoms with Crippen molar-refractivity contribution in [3.63, 3.8) is 0 Å². The number of phenolic OH excluding ortho intramolecular Hbond substituents is 1. The maximum Gasteiger partial charge on any atom is 0.280 e. The number of hydrogen-bond acceptors (Lipinski definition) is 5. The van der Waals surface area contributed by atoms with Crippen molar-refractivity contribution < 1.29 is 19.4 Å². The van der Waals surface area contributed by atoms with Gasteiger partial charge < -0.3 is 14.6 Å². The van der Waals surface area contributed by atoms with Crippen LogP contribution in [0.15, 0.2) is 41.5 Å². The van der Waals surface area contributed by atoms with E-state index in [1.165, 1.54) is 12.3 Å². The first-order chi connectivity index (χ1) is 12.4. The van der Waals surface area contributed by atoms with E-state index in [2.05, 4.69) is 10.5 Å². The molecule has 0 fully saturated rings. The summed E-state index contributed by atoms with van der Waals surface area (Å²) in [7, 11) is 0. The lowest BCUT2D eigenvalue weighted by Gasteiger charge is -2.13. The molecule has 0 aliphatic carbocycles. The lowest BCUT2D eigenvalue weighted by molar-refractivity contribution is -0.127. The van der Waals surface area contributed by atoms with Gasteiger partial charge in [-0.2, -0.15) is 5.10 Å². The highest BCUT2D eigenvalue weighted by molar-refractivity contribution is 6.31. The number of hydrogen-bond donors (Lipinski definition) is 2. The molecule has 0 aliphatic heterocycles. The minimum absolute atomic E-state index is 0.0494. The molecule has 138 valence electrons. The van der Waals surface area contributed by atoms with Crippen molar-refractivity contribution in [2.75, 3.05) is 6.61 Å². The molecule has 0 aromatic heterocycles. The van der Waals surface area contributed by atoms with Gasteiger partial charge in [-0.1, -0.05) is 11.6 Å². The Morgan fingerprint density at radius 3 is 2.81 bits per heavy atom. The van der Waals surface area contributed by atoms with E-state index < -0.39 is 12.0 Å². The van der Waals surface area contributed by atoms with Crippen LogP contribution in [0.5, 0.6) is 17.2 Å². The van der Waals surface area contributed by atoms with E-state index in [0.29, 0.717) is 28.7 Å². The number of aryl methyl sites for hydroxylation is 1. The van der Waals surface area contributed by atoms with Crippen molar-refractivity contribution >= 4 is 23.7 Å². The fraction of sp³-hybridized carbons (Fsp3) is 0.263. The fourth-order valence-corrected chi connectivity index (χ4v) is 2.21. The quantitative estimate of drug-likeness (QED) is 0.570. The number of nitrogens with one attached hydrogen (secondary N) is 1. The number of hydrazone groups is 1. The first-order valence-corrected chi connectivity index (χ1v) is 8.50. The standard InChI is InChI=1S/C19H21ClN2O4/c1-4-25-18-10-14(5-8-17(18)23)11-21-22-19(24)13(3)26-15-6-7-16(20)12(2)9-15/h5-11,13,23H,4H2,1-3H3,(H,22,24)/b21-11-/t13-/m0/s1. The van der Waals surface area contributed by atoms with Gasteiger partial charge in [0.1, 0.15) is 5.75 Å². The number of aromatic hydroxyl groups is 1. The molecule has 1 atom stereocenters. The summed E-state index contributed by atoms with van der Waals surface area (Å²) in [6.07, 6.45) is 0.727. The van der Waals surface area contributed by atoms with E-state index in [-0.39, 0.29) is 5.75 Å². The van der Waals surface area contributed by atoms with Gasteiger partial charge in [0.2, 0.25) is 0 Å². The van der Waals surface area contributed by atoms with Gasteiger partial charge in [-0.15, -0.1) is 0 Å². The average Bonchev–Trinajstić information content (AvgIpc) is 2.61. The Hall–Kier alpha value is -2.73. The fourth-order valence-electron chi connectivity index (χ4n) is 2.09. The van der Waals surface area contributed by atoms with Gasteiger partial charge in [-0.05, 0) is 68.3 Å². The second-order valence-corrected chi connectivity index (χ2v) is 5.97. The highest BCUT2D eigenvalue weighted by atomic mass is 35.5. The second kappa shape index (κ2) is 9.10. The first-order valence-electron chi connectivity index (χ1n) is 8.12. The van der Waals surface area contributed by atoms with Crippen LogP contribution in [0, 0.1) is 6.92 Å². The summed E-state index contributed by atoms with van der Waals surface area (Å²) in [5.74, 6) is 0.571. The van der Waals surface area contributed by atoms with E-state index in [1.54, 1.807) is 37.3 Å². The zero-order valence-corrected chi connectivity index (χ0v) is 15.6.